The van der Waals surface area contributed by atoms with Gasteiger partial charge in [-0.15, -0.1) is 11.3 Å². The predicted octanol–water partition coefficient (Wildman–Crippen LogP) is 4.37. The average Bonchev–Trinajstić information content (AvgIpc) is 3.10. The summed E-state index contributed by atoms with van der Waals surface area (Å²) in [5, 5.41) is 3.87. The molecule has 162 valence electrons. The minimum Gasteiger partial charge on any atom is -0.352 e. The van der Waals surface area contributed by atoms with E-state index in [2.05, 4.69) is 31.1 Å². The molecule has 1 N–H and O–H groups in total. The normalized spacial score (nSPS) is 15.3. The van der Waals surface area contributed by atoms with Crippen molar-refractivity contribution in [1.82, 2.24) is 15.2 Å². The zero-order valence-corrected chi connectivity index (χ0v) is 19.2. The number of hydrogen-bond donors (Lipinski definition) is 1. The second kappa shape index (κ2) is 8.84. The maximum absolute atomic E-state index is 13.7. The summed E-state index contributed by atoms with van der Waals surface area (Å²) in [5.74, 6) is -0.417. The quantitative estimate of drug-likeness (QED) is 0.782. The van der Waals surface area contributed by atoms with E-state index in [-0.39, 0.29) is 29.0 Å². The van der Waals surface area contributed by atoms with Crippen LogP contribution in [0.2, 0.25) is 0 Å². The van der Waals surface area contributed by atoms with Crippen LogP contribution in [0.1, 0.15) is 65.1 Å². The number of amides is 2. The van der Waals surface area contributed by atoms with Gasteiger partial charge in [0.2, 0.25) is 5.91 Å². The number of nitrogens with zero attached hydrogens (tertiary/aromatic N) is 2. The van der Waals surface area contributed by atoms with Gasteiger partial charge in [-0.1, -0.05) is 32.9 Å². The maximum Gasteiger partial charge on any atom is 0.265 e. The monoisotopic (exact) mass is 431 g/mol. The standard InChI is InChI=1S/C23H30FN3O2S/c1-14-6-7-16(12-18(14)24)13-25-20(28)17-8-10-27(11-9-17)21(29)19-15(2)26-22(30-19)23(3,4)5/h6-7,12,17H,8-11,13H2,1-5H3,(H,25,28). The molecule has 0 spiro atoms. The summed E-state index contributed by atoms with van der Waals surface area (Å²) in [5.41, 5.74) is 2.03. The van der Waals surface area contributed by atoms with Crippen molar-refractivity contribution in [3.05, 3.63) is 50.7 Å². The summed E-state index contributed by atoms with van der Waals surface area (Å²) in [6.07, 6.45) is 1.26. The topological polar surface area (TPSA) is 62.3 Å². The van der Waals surface area contributed by atoms with E-state index in [1.165, 1.54) is 17.4 Å². The first-order valence-electron chi connectivity index (χ1n) is 10.4. The highest BCUT2D eigenvalue weighted by Crippen LogP contribution is 2.31. The lowest BCUT2D eigenvalue weighted by molar-refractivity contribution is -0.126. The van der Waals surface area contributed by atoms with E-state index in [4.69, 9.17) is 0 Å². The Hall–Kier alpha value is -2.28. The Balaban J connectivity index is 1.54. The largest absolute Gasteiger partial charge is 0.352 e. The van der Waals surface area contributed by atoms with Crippen LogP contribution in [0.5, 0.6) is 0 Å². The average molecular weight is 432 g/mol. The number of hydrogen-bond acceptors (Lipinski definition) is 4. The van der Waals surface area contributed by atoms with Crippen LogP contribution < -0.4 is 5.32 Å². The lowest BCUT2D eigenvalue weighted by atomic mass is 9.95. The number of likely N-dealkylation sites (tertiary alicyclic amines) is 1. The molecule has 0 unspecified atom stereocenters. The maximum atomic E-state index is 13.7. The van der Waals surface area contributed by atoms with Gasteiger partial charge < -0.3 is 10.2 Å². The molecule has 1 aromatic carbocycles. The van der Waals surface area contributed by atoms with Gasteiger partial charge in [0, 0.05) is 31.0 Å². The van der Waals surface area contributed by atoms with Gasteiger partial charge in [-0.2, -0.15) is 0 Å². The number of aromatic nitrogens is 1. The van der Waals surface area contributed by atoms with E-state index in [9.17, 15) is 14.0 Å². The molecule has 1 aromatic heterocycles. The molecule has 3 rings (SSSR count). The van der Waals surface area contributed by atoms with Crippen LogP contribution in [0.4, 0.5) is 4.39 Å². The van der Waals surface area contributed by atoms with Crippen LogP contribution in [0.15, 0.2) is 18.2 Å². The van der Waals surface area contributed by atoms with E-state index in [1.807, 2.05) is 17.9 Å². The van der Waals surface area contributed by atoms with Crippen molar-refractivity contribution in [3.63, 3.8) is 0 Å². The van der Waals surface area contributed by atoms with Crippen LogP contribution in [-0.2, 0) is 16.8 Å². The first-order chi connectivity index (χ1) is 14.1. The molecular weight excluding hydrogens is 401 g/mol. The molecule has 1 fully saturated rings. The molecule has 5 nitrogen and oxygen atoms in total. The fourth-order valence-electron chi connectivity index (χ4n) is 3.48. The van der Waals surface area contributed by atoms with Crippen molar-refractivity contribution in [3.8, 4) is 0 Å². The molecule has 0 bridgehead atoms. The highest BCUT2D eigenvalue weighted by atomic mass is 32.1. The number of carbonyl (C=O) groups is 2. The molecule has 2 amide bonds. The molecule has 0 radical (unpaired) electrons. The van der Waals surface area contributed by atoms with Crippen molar-refractivity contribution in [2.75, 3.05) is 13.1 Å². The number of aryl methyl sites for hydroxylation is 2. The third-order valence-corrected chi connectivity index (χ3v) is 7.06. The van der Waals surface area contributed by atoms with Gasteiger partial charge in [0.15, 0.2) is 0 Å². The number of benzene rings is 1. The molecule has 7 heteroatoms. The molecule has 1 aliphatic rings. The van der Waals surface area contributed by atoms with E-state index < -0.39 is 0 Å². The summed E-state index contributed by atoms with van der Waals surface area (Å²) in [7, 11) is 0. The van der Waals surface area contributed by atoms with Gasteiger partial charge >= 0.3 is 0 Å². The summed E-state index contributed by atoms with van der Waals surface area (Å²) in [4.78, 5) is 32.6. The Morgan fingerprint density at radius 1 is 1.23 bits per heavy atom. The van der Waals surface area contributed by atoms with Crippen LogP contribution in [0.3, 0.4) is 0 Å². The summed E-state index contributed by atoms with van der Waals surface area (Å²) < 4.78 is 13.7. The fourth-order valence-corrected chi connectivity index (χ4v) is 4.58. The Labute approximate surface area is 181 Å². The van der Waals surface area contributed by atoms with E-state index in [0.29, 0.717) is 42.9 Å². The molecule has 0 aliphatic carbocycles. The third-order valence-electron chi connectivity index (χ3n) is 5.49. The number of nitrogens with one attached hydrogen (secondary N) is 1. The predicted molar refractivity (Wildman–Crippen MR) is 117 cm³/mol. The van der Waals surface area contributed by atoms with Crippen molar-refractivity contribution >= 4 is 23.2 Å². The highest BCUT2D eigenvalue weighted by Gasteiger charge is 2.30. The van der Waals surface area contributed by atoms with Gasteiger partial charge in [-0.3, -0.25) is 9.59 Å². The number of piperidine rings is 1. The molecule has 2 heterocycles. The molecular formula is C23H30FN3O2S. The number of halogens is 1. The van der Waals surface area contributed by atoms with Crippen LogP contribution in [0.25, 0.3) is 0 Å². The minimum atomic E-state index is -0.262. The van der Waals surface area contributed by atoms with Crippen molar-refractivity contribution in [1.29, 1.82) is 0 Å². The second-order valence-electron chi connectivity index (χ2n) is 9.05. The zero-order valence-electron chi connectivity index (χ0n) is 18.3. The summed E-state index contributed by atoms with van der Waals surface area (Å²) in [6.45, 7) is 11.3. The van der Waals surface area contributed by atoms with Crippen LogP contribution in [-0.4, -0.2) is 34.8 Å². The lowest BCUT2D eigenvalue weighted by Crippen LogP contribution is -2.42. The van der Waals surface area contributed by atoms with Crippen molar-refractivity contribution in [2.45, 2.75) is 59.4 Å². The highest BCUT2D eigenvalue weighted by molar-refractivity contribution is 7.14. The smallest absolute Gasteiger partial charge is 0.265 e. The van der Waals surface area contributed by atoms with Crippen molar-refractivity contribution < 1.29 is 14.0 Å². The van der Waals surface area contributed by atoms with E-state index in [1.54, 1.807) is 13.0 Å². The van der Waals surface area contributed by atoms with E-state index in [0.717, 1.165) is 16.3 Å². The first kappa shape index (κ1) is 22.4. The molecule has 2 aromatic rings. The lowest BCUT2D eigenvalue weighted by Gasteiger charge is -2.31. The van der Waals surface area contributed by atoms with Gasteiger partial charge in [-0.05, 0) is 43.9 Å². The third kappa shape index (κ3) is 5.06. The number of rotatable bonds is 4. The molecule has 1 aliphatic heterocycles. The van der Waals surface area contributed by atoms with Gasteiger partial charge in [0.25, 0.3) is 5.91 Å². The Morgan fingerprint density at radius 2 is 1.90 bits per heavy atom. The van der Waals surface area contributed by atoms with Crippen LogP contribution >= 0.6 is 11.3 Å². The molecule has 0 saturated carbocycles. The number of thiazole rings is 1. The SMILES string of the molecule is Cc1ccc(CNC(=O)C2CCN(C(=O)c3sc(C(C)(C)C)nc3C)CC2)cc1F. The Kier molecular flexibility index (Phi) is 6.60. The number of carbonyl (C=O) groups excluding carboxylic acids is 2. The van der Waals surface area contributed by atoms with Crippen molar-refractivity contribution in [2.24, 2.45) is 5.92 Å². The molecule has 1 saturated heterocycles. The molecule has 0 atom stereocenters. The molecule has 30 heavy (non-hydrogen) atoms. The second-order valence-corrected chi connectivity index (χ2v) is 10.1. The van der Waals surface area contributed by atoms with Crippen LogP contribution in [0, 0.1) is 25.6 Å². The summed E-state index contributed by atoms with van der Waals surface area (Å²) in [6, 6.07) is 5.00. The first-order valence-corrected chi connectivity index (χ1v) is 11.2. The zero-order chi connectivity index (χ0) is 22.1. The minimum absolute atomic E-state index is 0.00879. The fraction of sp³-hybridized carbons (Fsp3) is 0.522. The van der Waals surface area contributed by atoms with Gasteiger partial charge in [0.1, 0.15) is 10.7 Å². The van der Waals surface area contributed by atoms with Gasteiger partial charge in [-0.25, -0.2) is 9.37 Å². The van der Waals surface area contributed by atoms with E-state index >= 15 is 0 Å². The summed E-state index contributed by atoms with van der Waals surface area (Å²) >= 11 is 1.47. The van der Waals surface area contributed by atoms with Gasteiger partial charge in [0.05, 0.1) is 10.7 Å². The Morgan fingerprint density at radius 3 is 2.47 bits per heavy atom. The Bertz CT molecular complexity index is 940.